The standard InChI is InChI=1S/C19H18N6O5.2K/c1-9(26)6-19(17(29)30,11-4-2-10(3-5-11)16(27)28)7-12-8-22-15-13(23-12)14(20)24-18(21)25-15;;/h2-5,8H,6-7H2,1H3,(H,27,28)(H,29,30)(H4,20,21,22,24,25);;/q;2*+1/p-2. The maximum Gasteiger partial charge on any atom is 1.00 e. The normalized spacial score (nSPS) is 12.2. The van der Waals surface area contributed by atoms with E-state index in [1.165, 1.54) is 37.4 Å². The number of nitrogens with zero attached hydrogens (tertiary/aromatic N) is 4. The van der Waals surface area contributed by atoms with E-state index in [1.54, 1.807) is 0 Å². The Kier molecular flexibility index (Phi) is 10.9. The molecule has 2 heterocycles. The number of hydrogen-bond donors (Lipinski definition) is 2. The van der Waals surface area contributed by atoms with Crippen LogP contribution in [0.3, 0.4) is 0 Å². The number of benzene rings is 1. The van der Waals surface area contributed by atoms with Crippen molar-refractivity contribution in [3.05, 3.63) is 47.3 Å². The van der Waals surface area contributed by atoms with Crippen LogP contribution in [0.1, 0.15) is 35.0 Å². The molecule has 0 amide bonds. The van der Waals surface area contributed by atoms with Crippen molar-refractivity contribution in [2.75, 3.05) is 11.5 Å². The van der Waals surface area contributed by atoms with Gasteiger partial charge in [0.2, 0.25) is 5.95 Å². The van der Waals surface area contributed by atoms with Crippen LogP contribution in [0.2, 0.25) is 0 Å². The third-order valence-corrected chi connectivity index (χ3v) is 4.60. The predicted molar refractivity (Wildman–Crippen MR) is 100 cm³/mol. The van der Waals surface area contributed by atoms with Gasteiger partial charge in [-0.1, -0.05) is 24.3 Å². The Bertz CT molecular complexity index is 1170. The molecule has 13 heteroatoms. The molecule has 0 spiro atoms. The Morgan fingerprint density at radius 2 is 1.62 bits per heavy atom. The van der Waals surface area contributed by atoms with Crippen molar-refractivity contribution in [3.63, 3.8) is 0 Å². The fourth-order valence-electron chi connectivity index (χ4n) is 3.26. The van der Waals surface area contributed by atoms with Crippen LogP contribution in [-0.2, 0) is 21.4 Å². The van der Waals surface area contributed by atoms with Crippen molar-refractivity contribution in [3.8, 4) is 0 Å². The van der Waals surface area contributed by atoms with E-state index in [2.05, 4.69) is 19.9 Å². The maximum absolute atomic E-state index is 12.2. The summed E-state index contributed by atoms with van der Waals surface area (Å²) in [4.78, 5) is 51.3. The molecule has 3 rings (SSSR count). The van der Waals surface area contributed by atoms with Gasteiger partial charge in [0.1, 0.15) is 5.78 Å². The van der Waals surface area contributed by atoms with Crippen molar-refractivity contribution in [1.29, 1.82) is 0 Å². The minimum atomic E-state index is -1.82. The number of Topliss-reactive ketones (excluding diaryl/α,β-unsaturated/α-hetero) is 1. The number of carboxylic acids is 2. The Balaban J connectivity index is 0.00000256. The van der Waals surface area contributed by atoms with Crippen LogP contribution in [0.4, 0.5) is 11.8 Å². The number of carbonyl (C=O) groups excluding carboxylic acids is 3. The number of aliphatic carboxylic acids is 1. The van der Waals surface area contributed by atoms with Crippen LogP contribution in [0.25, 0.3) is 11.2 Å². The number of ketones is 1. The smallest absolute Gasteiger partial charge is 0.549 e. The number of anilines is 2. The quantitative estimate of drug-likeness (QED) is 0.300. The number of aromatic carboxylic acids is 1. The molecule has 3 aromatic rings. The van der Waals surface area contributed by atoms with Gasteiger partial charge in [0, 0.05) is 18.3 Å². The summed E-state index contributed by atoms with van der Waals surface area (Å²) in [5, 5.41) is 23.2. The van der Waals surface area contributed by atoms with E-state index in [0.29, 0.717) is 0 Å². The van der Waals surface area contributed by atoms with Gasteiger partial charge in [-0.3, -0.25) is 4.79 Å². The number of nitrogen functional groups attached to an aromatic ring is 2. The summed E-state index contributed by atoms with van der Waals surface area (Å²) < 4.78 is 0. The van der Waals surface area contributed by atoms with Crippen LogP contribution in [0.5, 0.6) is 0 Å². The zero-order valence-corrected chi connectivity index (χ0v) is 24.0. The number of carbonyl (C=O) groups is 3. The molecule has 154 valence electrons. The van der Waals surface area contributed by atoms with E-state index in [9.17, 15) is 24.6 Å². The number of rotatable bonds is 7. The monoisotopic (exact) mass is 486 g/mol. The molecule has 0 saturated heterocycles. The minimum absolute atomic E-state index is 0. The molecule has 0 bridgehead atoms. The van der Waals surface area contributed by atoms with E-state index < -0.39 is 29.6 Å². The third-order valence-electron chi connectivity index (χ3n) is 4.60. The summed E-state index contributed by atoms with van der Waals surface area (Å²) in [6, 6.07) is 5.00. The summed E-state index contributed by atoms with van der Waals surface area (Å²) in [7, 11) is 0. The van der Waals surface area contributed by atoms with Gasteiger partial charge >= 0.3 is 103 Å². The van der Waals surface area contributed by atoms with Gasteiger partial charge in [0.05, 0.1) is 23.8 Å². The first kappa shape index (κ1) is 29.2. The topological polar surface area (TPSA) is 201 Å². The first-order chi connectivity index (χ1) is 14.1. The van der Waals surface area contributed by atoms with Gasteiger partial charge < -0.3 is 31.3 Å². The van der Waals surface area contributed by atoms with E-state index >= 15 is 0 Å². The van der Waals surface area contributed by atoms with Crippen molar-refractivity contribution < 1.29 is 127 Å². The molecular weight excluding hydrogens is 470 g/mol. The molecule has 11 nitrogen and oxygen atoms in total. The van der Waals surface area contributed by atoms with Gasteiger partial charge in [0.25, 0.3) is 0 Å². The molecule has 32 heavy (non-hydrogen) atoms. The number of aromatic nitrogens is 4. The molecular formula is C19H16K2N6O5. The minimum Gasteiger partial charge on any atom is -0.549 e. The Morgan fingerprint density at radius 3 is 2.16 bits per heavy atom. The molecule has 0 aliphatic rings. The van der Waals surface area contributed by atoms with E-state index in [0.717, 1.165) is 0 Å². The molecule has 0 saturated carbocycles. The van der Waals surface area contributed by atoms with Crippen molar-refractivity contribution in [2.24, 2.45) is 0 Å². The predicted octanol–water partition coefficient (Wildman–Crippen LogP) is -7.83. The summed E-state index contributed by atoms with van der Waals surface area (Å²) in [6.45, 7) is 1.24. The van der Waals surface area contributed by atoms with Gasteiger partial charge in [-0.15, -0.1) is 0 Å². The Hall–Kier alpha value is -0.877. The fourth-order valence-corrected chi connectivity index (χ4v) is 3.26. The first-order valence-electron chi connectivity index (χ1n) is 8.70. The molecule has 2 aromatic heterocycles. The summed E-state index contributed by atoms with van der Waals surface area (Å²) in [5.41, 5.74) is 10.0. The molecule has 0 fully saturated rings. The van der Waals surface area contributed by atoms with Crippen LogP contribution in [0, 0.1) is 0 Å². The Morgan fingerprint density at radius 1 is 1.00 bits per heavy atom. The van der Waals surface area contributed by atoms with Crippen LogP contribution >= 0.6 is 0 Å². The van der Waals surface area contributed by atoms with Gasteiger partial charge in [-0.2, -0.15) is 9.97 Å². The fraction of sp³-hybridized carbons (Fsp3) is 0.211. The Labute approximate surface area is 267 Å². The zero-order chi connectivity index (χ0) is 22.1. The van der Waals surface area contributed by atoms with Crippen LogP contribution < -0.4 is 124 Å². The molecule has 1 aromatic carbocycles. The molecule has 0 radical (unpaired) electrons. The van der Waals surface area contributed by atoms with Crippen molar-refractivity contribution in [1.82, 2.24) is 19.9 Å². The second-order valence-corrected chi connectivity index (χ2v) is 6.79. The molecule has 0 aliphatic heterocycles. The number of nitrogens with two attached hydrogens (primary N) is 2. The van der Waals surface area contributed by atoms with Gasteiger partial charge in [0.15, 0.2) is 17.0 Å². The zero-order valence-electron chi connectivity index (χ0n) is 17.8. The number of hydrogen-bond acceptors (Lipinski definition) is 11. The van der Waals surface area contributed by atoms with Crippen LogP contribution in [-0.4, -0.2) is 37.7 Å². The molecule has 4 N–H and O–H groups in total. The largest absolute Gasteiger partial charge is 1.00 e. The van der Waals surface area contributed by atoms with Crippen LogP contribution in [0.15, 0.2) is 30.5 Å². The third kappa shape index (κ3) is 6.37. The summed E-state index contributed by atoms with van der Waals surface area (Å²) in [5.74, 6) is -3.47. The van der Waals surface area contributed by atoms with E-state index in [1.807, 2.05) is 0 Å². The van der Waals surface area contributed by atoms with Crippen molar-refractivity contribution >= 4 is 40.7 Å². The number of fused-ring (bicyclic) bond motifs is 1. The SMILES string of the molecule is CC(=O)CC(Cc1cnc2nc(N)nc(N)c2n1)(C(=O)[O-])c1ccc(C(=O)[O-])cc1.[K+].[K+]. The summed E-state index contributed by atoms with van der Waals surface area (Å²) >= 11 is 0. The molecule has 1 atom stereocenters. The van der Waals surface area contributed by atoms with E-state index in [4.69, 9.17) is 11.5 Å². The van der Waals surface area contributed by atoms with Crippen molar-refractivity contribution in [2.45, 2.75) is 25.2 Å². The summed E-state index contributed by atoms with van der Waals surface area (Å²) in [6.07, 6.45) is 0.612. The average molecular weight is 487 g/mol. The molecule has 1 unspecified atom stereocenters. The second-order valence-electron chi connectivity index (χ2n) is 6.79. The first-order valence-corrected chi connectivity index (χ1v) is 8.70. The average Bonchev–Trinajstić information content (AvgIpc) is 2.67. The van der Waals surface area contributed by atoms with E-state index in [-0.39, 0.29) is 149 Å². The second kappa shape index (κ2) is 12.0. The maximum atomic E-state index is 12.2. The number of carboxylic acid groups (broad SMARTS) is 2. The molecule has 0 aliphatic carbocycles. The van der Waals surface area contributed by atoms with Gasteiger partial charge in [-0.05, 0) is 18.1 Å². The van der Waals surface area contributed by atoms with Gasteiger partial charge in [-0.25, -0.2) is 9.97 Å².